The lowest BCUT2D eigenvalue weighted by molar-refractivity contribution is 0.597. The minimum absolute atomic E-state index is 0.0154. The molecule has 0 aliphatic rings. The topological polar surface area (TPSA) is 71.1 Å². The molecule has 0 saturated heterocycles. The highest BCUT2D eigenvalue weighted by molar-refractivity contribution is 14.1. The van der Waals surface area contributed by atoms with Crippen LogP contribution in [-0.4, -0.2) is 19.9 Å². The van der Waals surface area contributed by atoms with Crippen LogP contribution in [0.15, 0.2) is 47.6 Å². The molecule has 7 heteroatoms. The SMILES string of the molecule is CCNCc1ccc(S(=O)(=O)Nc2cccc(I)c2)nc1. The van der Waals surface area contributed by atoms with E-state index >= 15 is 0 Å². The van der Waals surface area contributed by atoms with Gasteiger partial charge < -0.3 is 5.32 Å². The smallest absolute Gasteiger partial charge is 0.279 e. The standard InChI is InChI=1S/C14H16IN3O2S/c1-2-16-9-11-6-7-14(17-10-11)21(19,20)18-13-5-3-4-12(15)8-13/h3-8,10,16,18H,2,9H2,1H3. The van der Waals surface area contributed by atoms with Crippen LogP contribution in [0, 0.1) is 3.57 Å². The van der Waals surface area contributed by atoms with E-state index in [0.717, 1.165) is 15.7 Å². The lowest BCUT2D eigenvalue weighted by Crippen LogP contribution is -2.16. The predicted molar refractivity (Wildman–Crippen MR) is 91.6 cm³/mol. The van der Waals surface area contributed by atoms with E-state index in [2.05, 4.69) is 37.6 Å². The molecule has 0 radical (unpaired) electrons. The van der Waals surface area contributed by atoms with Gasteiger partial charge in [0, 0.05) is 22.0 Å². The van der Waals surface area contributed by atoms with Crippen molar-refractivity contribution in [2.75, 3.05) is 11.3 Å². The second-order valence-electron chi connectivity index (χ2n) is 4.40. The average Bonchev–Trinajstić information content (AvgIpc) is 2.45. The Kier molecular flexibility index (Phi) is 5.54. The molecule has 2 rings (SSSR count). The molecule has 21 heavy (non-hydrogen) atoms. The first-order valence-corrected chi connectivity index (χ1v) is 9.01. The van der Waals surface area contributed by atoms with E-state index in [1.165, 1.54) is 6.07 Å². The van der Waals surface area contributed by atoms with Crippen molar-refractivity contribution in [3.63, 3.8) is 0 Å². The van der Waals surface area contributed by atoms with E-state index in [0.29, 0.717) is 12.2 Å². The molecule has 0 unspecified atom stereocenters. The molecule has 1 aromatic heterocycles. The van der Waals surface area contributed by atoms with Gasteiger partial charge >= 0.3 is 0 Å². The Balaban J connectivity index is 2.15. The third kappa shape index (κ3) is 4.65. The second-order valence-corrected chi connectivity index (χ2v) is 7.28. The fraction of sp³-hybridized carbons (Fsp3) is 0.214. The van der Waals surface area contributed by atoms with Gasteiger partial charge in [-0.2, -0.15) is 8.42 Å². The largest absolute Gasteiger partial charge is 0.313 e. The zero-order valence-corrected chi connectivity index (χ0v) is 14.5. The number of benzene rings is 1. The summed E-state index contributed by atoms with van der Waals surface area (Å²) in [7, 11) is -3.65. The highest BCUT2D eigenvalue weighted by Crippen LogP contribution is 2.17. The van der Waals surface area contributed by atoms with Crippen LogP contribution in [0.1, 0.15) is 12.5 Å². The molecule has 5 nitrogen and oxygen atoms in total. The molecule has 0 aliphatic carbocycles. The van der Waals surface area contributed by atoms with Gasteiger partial charge in [0.05, 0.1) is 0 Å². The summed E-state index contributed by atoms with van der Waals surface area (Å²) in [5.74, 6) is 0. The zero-order valence-electron chi connectivity index (χ0n) is 11.5. The summed E-state index contributed by atoms with van der Waals surface area (Å²) < 4.78 is 28.0. The minimum atomic E-state index is -3.65. The van der Waals surface area contributed by atoms with Gasteiger partial charge in [0.25, 0.3) is 10.0 Å². The van der Waals surface area contributed by atoms with Crippen LogP contribution in [0.25, 0.3) is 0 Å². The predicted octanol–water partition coefficient (Wildman–Crippen LogP) is 2.60. The summed E-state index contributed by atoms with van der Waals surface area (Å²) in [5.41, 5.74) is 1.48. The van der Waals surface area contributed by atoms with Crippen molar-refractivity contribution in [3.05, 3.63) is 51.7 Å². The maximum atomic E-state index is 12.2. The van der Waals surface area contributed by atoms with Crippen LogP contribution < -0.4 is 10.0 Å². The normalized spacial score (nSPS) is 11.3. The van der Waals surface area contributed by atoms with Crippen LogP contribution in [0.4, 0.5) is 5.69 Å². The minimum Gasteiger partial charge on any atom is -0.313 e. The van der Waals surface area contributed by atoms with E-state index < -0.39 is 10.0 Å². The molecule has 2 aromatic rings. The van der Waals surface area contributed by atoms with Crippen molar-refractivity contribution >= 4 is 38.3 Å². The van der Waals surface area contributed by atoms with Crippen LogP contribution >= 0.6 is 22.6 Å². The van der Waals surface area contributed by atoms with Crippen LogP contribution in [-0.2, 0) is 16.6 Å². The van der Waals surface area contributed by atoms with Gasteiger partial charge in [-0.1, -0.05) is 19.1 Å². The third-order valence-corrected chi connectivity index (χ3v) is 4.70. The lowest BCUT2D eigenvalue weighted by Gasteiger charge is -2.08. The fourth-order valence-corrected chi connectivity index (χ4v) is 3.23. The maximum Gasteiger partial charge on any atom is 0.279 e. The van der Waals surface area contributed by atoms with Gasteiger partial charge in [-0.25, -0.2) is 4.98 Å². The first kappa shape index (κ1) is 16.2. The van der Waals surface area contributed by atoms with Gasteiger partial charge in [0.15, 0.2) is 5.03 Å². The summed E-state index contributed by atoms with van der Waals surface area (Å²) >= 11 is 2.13. The van der Waals surface area contributed by atoms with E-state index in [9.17, 15) is 8.42 Å². The van der Waals surface area contributed by atoms with Crippen molar-refractivity contribution in [1.82, 2.24) is 10.3 Å². The van der Waals surface area contributed by atoms with E-state index in [1.807, 2.05) is 13.0 Å². The molecule has 2 N–H and O–H groups in total. The zero-order chi connectivity index (χ0) is 15.3. The molecule has 112 valence electrons. The Morgan fingerprint density at radius 2 is 2.05 bits per heavy atom. The van der Waals surface area contributed by atoms with E-state index in [-0.39, 0.29) is 5.03 Å². The quantitative estimate of drug-likeness (QED) is 0.709. The lowest BCUT2D eigenvalue weighted by atomic mass is 10.3. The van der Waals surface area contributed by atoms with Crippen LogP contribution in [0.3, 0.4) is 0 Å². The molecule has 0 atom stereocenters. The summed E-state index contributed by atoms with van der Waals surface area (Å²) in [6, 6.07) is 10.4. The number of aromatic nitrogens is 1. The number of hydrogen-bond donors (Lipinski definition) is 2. The molecule has 0 bridgehead atoms. The maximum absolute atomic E-state index is 12.2. The number of hydrogen-bond acceptors (Lipinski definition) is 4. The molecular formula is C14H16IN3O2S. The number of rotatable bonds is 6. The Labute approximate surface area is 138 Å². The Morgan fingerprint density at radius 3 is 2.67 bits per heavy atom. The summed E-state index contributed by atoms with van der Waals surface area (Å²) in [6.45, 7) is 3.54. The van der Waals surface area contributed by atoms with Gasteiger partial charge in [-0.3, -0.25) is 4.72 Å². The summed E-state index contributed by atoms with van der Waals surface area (Å²) in [6.07, 6.45) is 1.58. The Bertz CT molecular complexity index is 702. The number of pyridine rings is 1. The Morgan fingerprint density at radius 1 is 1.24 bits per heavy atom. The molecule has 0 aliphatic heterocycles. The number of sulfonamides is 1. The number of anilines is 1. The molecule has 1 aromatic carbocycles. The van der Waals surface area contributed by atoms with Crippen molar-refractivity contribution < 1.29 is 8.42 Å². The fourth-order valence-electron chi connectivity index (χ4n) is 1.70. The molecule has 0 amide bonds. The molecule has 0 spiro atoms. The van der Waals surface area contributed by atoms with E-state index in [1.54, 1.807) is 30.5 Å². The number of nitrogens with one attached hydrogen (secondary N) is 2. The average molecular weight is 417 g/mol. The monoisotopic (exact) mass is 417 g/mol. The van der Waals surface area contributed by atoms with Gasteiger partial charge in [0.2, 0.25) is 0 Å². The van der Waals surface area contributed by atoms with Gasteiger partial charge in [-0.15, -0.1) is 0 Å². The van der Waals surface area contributed by atoms with Crippen molar-refractivity contribution in [2.45, 2.75) is 18.5 Å². The number of halogens is 1. The van der Waals surface area contributed by atoms with Crippen LogP contribution in [0.2, 0.25) is 0 Å². The van der Waals surface area contributed by atoms with Crippen molar-refractivity contribution in [3.8, 4) is 0 Å². The first-order valence-electron chi connectivity index (χ1n) is 6.45. The van der Waals surface area contributed by atoms with Crippen molar-refractivity contribution in [1.29, 1.82) is 0 Å². The molecule has 0 saturated carbocycles. The van der Waals surface area contributed by atoms with E-state index in [4.69, 9.17) is 0 Å². The third-order valence-electron chi connectivity index (χ3n) is 2.73. The van der Waals surface area contributed by atoms with Gasteiger partial charge in [-0.05, 0) is 59.0 Å². The second kappa shape index (κ2) is 7.19. The molecule has 0 fully saturated rings. The Hall–Kier alpha value is -1.19. The highest BCUT2D eigenvalue weighted by atomic mass is 127. The summed E-state index contributed by atoms with van der Waals surface area (Å²) in [5, 5.41) is 3.18. The summed E-state index contributed by atoms with van der Waals surface area (Å²) in [4.78, 5) is 4.03. The molecular weight excluding hydrogens is 401 g/mol. The number of nitrogens with zero attached hydrogens (tertiary/aromatic N) is 1. The van der Waals surface area contributed by atoms with Crippen LogP contribution in [0.5, 0.6) is 0 Å². The first-order chi connectivity index (χ1) is 10.0. The molecule has 1 heterocycles. The van der Waals surface area contributed by atoms with Gasteiger partial charge in [0.1, 0.15) is 0 Å². The van der Waals surface area contributed by atoms with Crippen molar-refractivity contribution in [2.24, 2.45) is 0 Å². The highest BCUT2D eigenvalue weighted by Gasteiger charge is 2.15.